The summed E-state index contributed by atoms with van der Waals surface area (Å²) in [5, 5.41) is 14.1. The first-order chi connectivity index (χ1) is 17.3. The van der Waals surface area contributed by atoms with Gasteiger partial charge in [0.15, 0.2) is 11.5 Å². The molecule has 36 heavy (non-hydrogen) atoms. The standard InChI is InChI=1S/C27H24Cl2N6O/c1-16-4-6-19(7-5-16)22-10-11-30-27-26(22)18(3)32-35(27)15-25(36)31-24-12-17(2)34(33-24)14-20-8-9-21(28)13-23(20)29/h4-13H,14-15H2,1-3H3,(H,31,33,36). The summed E-state index contributed by atoms with van der Waals surface area (Å²) < 4.78 is 3.42. The van der Waals surface area contributed by atoms with Gasteiger partial charge < -0.3 is 5.32 Å². The fraction of sp³-hybridized carbons (Fsp3) is 0.185. The minimum Gasteiger partial charge on any atom is -0.308 e. The van der Waals surface area contributed by atoms with Crippen molar-refractivity contribution in [3.8, 4) is 11.1 Å². The zero-order valence-electron chi connectivity index (χ0n) is 20.1. The van der Waals surface area contributed by atoms with E-state index in [2.05, 4.69) is 51.7 Å². The van der Waals surface area contributed by atoms with Crippen LogP contribution in [0.2, 0.25) is 10.0 Å². The van der Waals surface area contributed by atoms with Crippen LogP contribution in [0.4, 0.5) is 5.82 Å². The highest BCUT2D eigenvalue weighted by Gasteiger charge is 2.17. The third kappa shape index (κ3) is 4.85. The Labute approximate surface area is 218 Å². The van der Waals surface area contributed by atoms with Crippen molar-refractivity contribution in [1.82, 2.24) is 24.5 Å². The van der Waals surface area contributed by atoms with E-state index in [1.54, 1.807) is 27.7 Å². The van der Waals surface area contributed by atoms with Crippen LogP contribution in [0.1, 0.15) is 22.5 Å². The summed E-state index contributed by atoms with van der Waals surface area (Å²) in [4.78, 5) is 17.4. The van der Waals surface area contributed by atoms with Crippen LogP contribution >= 0.6 is 23.2 Å². The van der Waals surface area contributed by atoms with Crippen LogP contribution in [0, 0.1) is 20.8 Å². The monoisotopic (exact) mass is 518 g/mol. The molecular weight excluding hydrogens is 495 g/mol. The first kappa shape index (κ1) is 24.0. The van der Waals surface area contributed by atoms with Crippen molar-refractivity contribution in [2.45, 2.75) is 33.9 Å². The number of benzene rings is 2. The molecule has 5 rings (SSSR count). The van der Waals surface area contributed by atoms with E-state index in [1.165, 1.54) is 5.56 Å². The van der Waals surface area contributed by atoms with Gasteiger partial charge in [0.05, 0.1) is 12.2 Å². The summed E-state index contributed by atoms with van der Waals surface area (Å²) >= 11 is 12.3. The molecule has 0 bridgehead atoms. The molecule has 1 N–H and O–H groups in total. The number of carbonyl (C=O) groups excluding carboxylic acids is 1. The topological polar surface area (TPSA) is 77.6 Å². The first-order valence-electron chi connectivity index (χ1n) is 11.5. The minimum atomic E-state index is -0.240. The van der Waals surface area contributed by atoms with Gasteiger partial charge in [0.1, 0.15) is 6.54 Å². The van der Waals surface area contributed by atoms with Crippen molar-refractivity contribution >= 4 is 46.0 Å². The lowest BCUT2D eigenvalue weighted by molar-refractivity contribution is -0.116. The lowest BCUT2D eigenvalue weighted by atomic mass is 10.0. The second-order valence-corrected chi connectivity index (χ2v) is 9.62. The maximum absolute atomic E-state index is 12.9. The number of pyridine rings is 1. The largest absolute Gasteiger partial charge is 0.308 e. The van der Waals surface area contributed by atoms with Gasteiger partial charge in [0.25, 0.3) is 0 Å². The van der Waals surface area contributed by atoms with E-state index in [4.69, 9.17) is 23.2 Å². The molecule has 0 radical (unpaired) electrons. The molecule has 182 valence electrons. The highest BCUT2D eigenvalue weighted by Crippen LogP contribution is 2.30. The number of aryl methyl sites for hydroxylation is 3. The molecule has 3 aromatic heterocycles. The van der Waals surface area contributed by atoms with E-state index in [9.17, 15) is 4.79 Å². The number of amides is 1. The van der Waals surface area contributed by atoms with E-state index < -0.39 is 0 Å². The fourth-order valence-corrected chi connectivity index (χ4v) is 4.69. The molecule has 7 nitrogen and oxygen atoms in total. The molecule has 3 heterocycles. The van der Waals surface area contributed by atoms with Crippen molar-refractivity contribution in [2.75, 3.05) is 5.32 Å². The fourth-order valence-electron chi connectivity index (χ4n) is 4.23. The number of aromatic nitrogens is 5. The second kappa shape index (κ2) is 9.76. The Bertz CT molecular complexity index is 1590. The van der Waals surface area contributed by atoms with Crippen LogP contribution in [0.15, 0.2) is 60.8 Å². The molecule has 0 aliphatic heterocycles. The van der Waals surface area contributed by atoms with Gasteiger partial charge in [-0.1, -0.05) is 59.1 Å². The predicted octanol–water partition coefficient (Wildman–Crippen LogP) is 6.21. The van der Waals surface area contributed by atoms with Crippen molar-refractivity contribution in [3.63, 3.8) is 0 Å². The highest BCUT2D eigenvalue weighted by molar-refractivity contribution is 6.35. The van der Waals surface area contributed by atoms with Gasteiger partial charge in [-0.25, -0.2) is 9.67 Å². The van der Waals surface area contributed by atoms with Gasteiger partial charge in [-0.15, -0.1) is 0 Å². The van der Waals surface area contributed by atoms with Gasteiger partial charge in [0.2, 0.25) is 5.91 Å². The summed E-state index contributed by atoms with van der Waals surface area (Å²) in [5.41, 5.74) is 6.59. The summed E-state index contributed by atoms with van der Waals surface area (Å²) in [5.74, 6) is 0.222. The molecule has 9 heteroatoms. The Morgan fingerprint density at radius 1 is 0.944 bits per heavy atom. The van der Waals surface area contributed by atoms with E-state index in [0.29, 0.717) is 28.1 Å². The molecule has 0 fully saturated rings. The number of hydrogen-bond donors (Lipinski definition) is 1. The van der Waals surface area contributed by atoms with Crippen LogP contribution in [-0.4, -0.2) is 30.5 Å². The molecule has 0 saturated heterocycles. The van der Waals surface area contributed by atoms with Crippen molar-refractivity contribution in [1.29, 1.82) is 0 Å². The van der Waals surface area contributed by atoms with Crippen LogP contribution in [0.3, 0.4) is 0 Å². The lowest BCUT2D eigenvalue weighted by Gasteiger charge is -2.07. The van der Waals surface area contributed by atoms with E-state index in [-0.39, 0.29) is 12.5 Å². The quantitative estimate of drug-likeness (QED) is 0.289. The Kier molecular flexibility index (Phi) is 6.51. The average molecular weight is 519 g/mol. The van der Waals surface area contributed by atoms with Crippen LogP contribution < -0.4 is 5.32 Å². The number of nitrogens with zero attached hydrogens (tertiary/aromatic N) is 5. The zero-order valence-corrected chi connectivity index (χ0v) is 21.6. The number of halogens is 2. The van der Waals surface area contributed by atoms with Crippen LogP contribution in [0.5, 0.6) is 0 Å². The Hall–Kier alpha value is -3.68. The number of hydrogen-bond acceptors (Lipinski definition) is 4. The van der Waals surface area contributed by atoms with Gasteiger partial charge in [-0.2, -0.15) is 10.2 Å². The smallest absolute Gasteiger partial charge is 0.247 e. The Balaban J connectivity index is 1.35. The molecule has 0 aliphatic rings. The van der Waals surface area contributed by atoms with Crippen molar-refractivity contribution in [2.24, 2.45) is 0 Å². The molecule has 0 unspecified atom stereocenters. The van der Waals surface area contributed by atoms with Crippen LogP contribution in [0.25, 0.3) is 22.2 Å². The maximum Gasteiger partial charge on any atom is 0.247 e. The summed E-state index contributed by atoms with van der Waals surface area (Å²) in [6.07, 6.45) is 1.75. The number of anilines is 1. The lowest BCUT2D eigenvalue weighted by Crippen LogP contribution is -2.20. The van der Waals surface area contributed by atoms with Gasteiger partial charge in [-0.3, -0.25) is 9.48 Å². The molecule has 0 aliphatic carbocycles. The molecule has 0 atom stereocenters. The second-order valence-electron chi connectivity index (χ2n) is 8.78. The molecular formula is C27H24Cl2N6O. The van der Waals surface area contributed by atoms with Gasteiger partial charge in [-0.05, 0) is 55.7 Å². The third-order valence-electron chi connectivity index (χ3n) is 6.05. The summed E-state index contributed by atoms with van der Waals surface area (Å²) in [6.45, 7) is 6.40. The molecule has 2 aromatic carbocycles. The Morgan fingerprint density at radius 3 is 2.47 bits per heavy atom. The first-order valence-corrected chi connectivity index (χ1v) is 12.2. The number of carbonyl (C=O) groups is 1. The average Bonchev–Trinajstić information content (AvgIpc) is 3.34. The zero-order chi connectivity index (χ0) is 25.4. The predicted molar refractivity (Wildman–Crippen MR) is 144 cm³/mol. The van der Waals surface area contributed by atoms with Crippen LogP contribution in [-0.2, 0) is 17.9 Å². The minimum absolute atomic E-state index is 0.0175. The van der Waals surface area contributed by atoms with Crippen molar-refractivity contribution in [3.05, 3.63) is 93.4 Å². The number of fused-ring (bicyclic) bond motifs is 1. The van der Waals surface area contributed by atoms with E-state index in [1.807, 2.05) is 32.0 Å². The van der Waals surface area contributed by atoms with E-state index in [0.717, 1.165) is 33.5 Å². The van der Waals surface area contributed by atoms with Gasteiger partial charge in [0, 0.05) is 33.4 Å². The van der Waals surface area contributed by atoms with E-state index >= 15 is 0 Å². The molecule has 0 spiro atoms. The van der Waals surface area contributed by atoms with Gasteiger partial charge >= 0.3 is 0 Å². The normalized spacial score (nSPS) is 11.2. The summed E-state index contributed by atoms with van der Waals surface area (Å²) in [7, 11) is 0. The molecule has 5 aromatic rings. The number of nitrogens with one attached hydrogen (secondary N) is 1. The molecule has 1 amide bonds. The Morgan fingerprint density at radius 2 is 1.72 bits per heavy atom. The highest BCUT2D eigenvalue weighted by atomic mass is 35.5. The van der Waals surface area contributed by atoms with Crippen molar-refractivity contribution < 1.29 is 4.79 Å². The molecule has 0 saturated carbocycles. The maximum atomic E-state index is 12.9. The summed E-state index contributed by atoms with van der Waals surface area (Å²) in [6, 6.07) is 17.5. The third-order valence-corrected chi connectivity index (χ3v) is 6.63. The number of rotatable bonds is 6. The SMILES string of the molecule is Cc1ccc(-c2ccnc3c2c(C)nn3CC(=O)Nc2cc(C)n(Cc3ccc(Cl)cc3Cl)n2)cc1.